The molecule has 0 saturated heterocycles. The minimum Gasteiger partial charge on any atom is -0.345 e. The van der Waals surface area contributed by atoms with Gasteiger partial charge in [-0.3, -0.25) is 4.98 Å². The van der Waals surface area contributed by atoms with Crippen LogP contribution in [0, 0.1) is 0 Å². The molecular formula is C15H13N3S. The van der Waals surface area contributed by atoms with Gasteiger partial charge >= 0.3 is 0 Å². The molecule has 3 aromatic rings. The highest BCUT2D eigenvalue weighted by atomic mass is 32.2. The molecule has 0 amide bonds. The highest BCUT2D eigenvalue weighted by Gasteiger charge is 2.07. The van der Waals surface area contributed by atoms with Gasteiger partial charge < -0.3 is 4.98 Å². The number of benzene rings is 1. The first-order chi connectivity index (χ1) is 9.43. The number of hydrogen-bond acceptors (Lipinski definition) is 3. The maximum Gasteiger partial charge on any atom is 0.138 e. The molecule has 4 heteroatoms. The van der Waals surface area contributed by atoms with E-state index in [1.165, 1.54) is 4.90 Å². The Balaban J connectivity index is 1.82. The van der Waals surface area contributed by atoms with E-state index in [1.54, 1.807) is 18.0 Å². The van der Waals surface area contributed by atoms with E-state index >= 15 is 0 Å². The van der Waals surface area contributed by atoms with Crippen LogP contribution in [-0.2, 0) is 5.75 Å². The molecule has 0 saturated carbocycles. The molecule has 0 spiro atoms. The topological polar surface area (TPSA) is 41.6 Å². The lowest BCUT2D eigenvalue weighted by atomic mass is 10.2. The smallest absolute Gasteiger partial charge is 0.138 e. The minimum absolute atomic E-state index is 0.860. The van der Waals surface area contributed by atoms with Crippen LogP contribution in [0.3, 0.4) is 0 Å². The molecule has 3 rings (SSSR count). The molecule has 1 N–H and O–H groups in total. The Morgan fingerprint density at radius 1 is 0.947 bits per heavy atom. The summed E-state index contributed by atoms with van der Waals surface area (Å²) >= 11 is 1.78. The van der Waals surface area contributed by atoms with E-state index in [0.717, 1.165) is 22.8 Å². The van der Waals surface area contributed by atoms with Crippen LogP contribution < -0.4 is 0 Å². The van der Waals surface area contributed by atoms with E-state index < -0.39 is 0 Å². The van der Waals surface area contributed by atoms with Gasteiger partial charge in [-0.2, -0.15) is 0 Å². The van der Waals surface area contributed by atoms with Crippen LogP contribution in [0.15, 0.2) is 66.0 Å². The van der Waals surface area contributed by atoms with Crippen LogP contribution in [-0.4, -0.2) is 15.0 Å². The van der Waals surface area contributed by atoms with Gasteiger partial charge in [-0.05, 0) is 18.2 Å². The van der Waals surface area contributed by atoms with E-state index in [9.17, 15) is 0 Å². The Morgan fingerprint density at radius 2 is 1.84 bits per heavy atom. The number of aromatic amines is 1. The summed E-state index contributed by atoms with van der Waals surface area (Å²) in [5.41, 5.74) is 2.22. The van der Waals surface area contributed by atoms with Crippen LogP contribution in [0.4, 0.5) is 0 Å². The third kappa shape index (κ3) is 2.85. The quantitative estimate of drug-likeness (QED) is 0.732. The zero-order valence-corrected chi connectivity index (χ0v) is 11.1. The molecule has 0 aliphatic carbocycles. The first kappa shape index (κ1) is 12.0. The predicted octanol–water partition coefficient (Wildman–Crippen LogP) is 3.76. The standard InChI is InChI=1S/C15H13N3S/c1-2-7-14(13(6-1)15-17-9-10-18-15)19-11-12-5-3-4-8-16-12/h1-10H,11H2,(H,17,18). The summed E-state index contributed by atoms with van der Waals surface area (Å²) in [4.78, 5) is 13.0. The van der Waals surface area contributed by atoms with Crippen molar-refractivity contribution in [2.75, 3.05) is 0 Å². The Hall–Kier alpha value is -2.07. The van der Waals surface area contributed by atoms with Crippen LogP contribution in [0.25, 0.3) is 11.4 Å². The molecule has 0 bridgehead atoms. The first-order valence-corrected chi connectivity index (χ1v) is 7.03. The zero-order valence-electron chi connectivity index (χ0n) is 10.3. The SMILES string of the molecule is c1ccc(CSc2ccccc2-c2ncc[nH]2)nc1. The normalized spacial score (nSPS) is 10.5. The molecule has 94 valence electrons. The van der Waals surface area contributed by atoms with Gasteiger partial charge in [0.2, 0.25) is 0 Å². The summed E-state index contributed by atoms with van der Waals surface area (Å²) in [6.45, 7) is 0. The Morgan fingerprint density at radius 3 is 2.63 bits per heavy atom. The number of nitrogens with one attached hydrogen (secondary N) is 1. The Kier molecular flexibility index (Phi) is 3.61. The fraction of sp³-hybridized carbons (Fsp3) is 0.0667. The molecule has 0 aliphatic rings. The minimum atomic E-state index is 0.860. The molecule has 0 radical (unpaired) electrons. The van der Waals surface area contributed by atoms with E-state index in [-0.39, 0.29) is 0 Å². The highest BCUT2D eigenvalue weighted by Crippen LogP contribution is 2.30. The fourth-order valence-corrected chi connectivity index (χ4v) is 2.81. The van der Waals surface area contributed by atoms with Crippen molar-refractivity contribution in [3.05, 3.63) is 66.7 Å². The summed E-state index contributed by atoms with van der Waals surface area (Å²) in [6, 6.07) is 14.3. The van der Waals surface area contributed by atoms with Crippen molar-refractivity contribution in [2.24, 2.45) is 0 Å². The monoisotopic (exact) mass is 267 g/mol. The van der Waals surface area contributed by atoms with Gasteiger partial charge in [-0.1, -0.05) is 24.3 Å². The summed E-state index contributed by atoms with van der Waals surface area (Å²) in [6.07, 6.45) is 5.44. The molecule has 0 unspecified atom stereocenters. The number of pyridine rings is 1. The number of thioether (sulfide) groups is 1. The highest BCUT2D eigenvalue weighted by molar-refractivity contribution is 7.98. The number of aromatic nitrogens is 3. The van der Waals surface area contributed by atoms with Gasteiger partial charge in [0.1, 0.15) is 5.82 Å². The number of H-pyrrole nitrogens is 1. The second kappa shape index (κ2) is 5.71. The Labute approximate surface area is 116 Å². The van der Waals surface area contributed by atoms with Crippen molar-refractivity contribution in [1.82, 2.24) is 15.0 Å². The fourth-order valence-electron chi connectivity index (χ4n) is 1.84. The van der Waals surface area contributed by atoms with Gasteiger partial charge in [0.05, 0.1) is 5.69 Å². The predicted molar refractivity (Wildman–Crippen MR) is 77.8 cm³/mol. The van der Waals surface area contributed by atoms with Crippen molar-refractivity contribution < 1.29 is 0 Å². The first-order valence-electron chi connectivity index (χ1n) is 6.05. The van der Waals surface area contributed by atoms with Crippen LogP contribution in [0.1, 0.15) is 5.69 Å². The van der Waals surface area contributed by atoms with Gasteiger partial charge in [0, 0.05) is 34.8 Å². The van der Waals surface area contributed by atoms with Gasteiger partial charge in [0.15, 0.2) is 0 Å². The third-order valence-electron chi connectivity index (χ3n) is 2.74. The lowest BCUT2D eigenvalue weighted by molar-refractivity contribution is 1.17. The molecule has 19 heavy (non-hydrogen) atoms. The van der Waals surface area contributed by atoms with Crippen molar-refractivity contribution >= 4 is 11.8 Å². The van der Waals surface area contributed by atoms with Crippen molar-refractivity contribution in [3.63, 3.8) is 0 Å². The summed E-state index contributed by atoms with van der Waals surface area (Å²) in [5.74, 6) is 1.77. The lowest BCUT2D eigenvalue weighted by Crippen LogP contribution is -1.87. The summed E-state index contributed by atoms with van der Waals surface area (Å²) in [7, 11) is 0. The molecule has 2 aromatic heterocycles. The molecule has 0 atom stereocenters. The van der Waals surface area contributed by atoms with Crippen molar-refractivity contribution in [2.45, 2.75) is 10.6 Å². The average molecular weight is 267 g/mol. The largest absolute Gasteiger partial charge is 0.345 e. The van der Waals surface area contributed by atoms with Crippen LogP contribution >= 0.6 is 11.8 Å². The molecule has 0 fully saturated rings. The maximum atomic E-state index is 4.34. The molecule has 0 aliphatic heterocycles. The zero-order chi connectivity index (χ0) is 12.9. The maximum absolute atomic E-state index is 4.34. The van der Waals surface area contributed by atoms with E-state index in [1.807, 2.05) is 42.7 Å². The second-order valence-electron chi connectivity index (χ2n) is 4.04. The van der Waals surface area contributed by atoms with E-state index in [2.05, 4.69) is 27.1 Å². The van der Waals surface area contributed by atoms with Gasteiger partial charge in [-0.15, -0.1) is 11.8 Å². The van der Waals surface area contributed by atoms with Gasteiger partial charge in [-0.25, -0.2) is 4.98 Å². The second-order valence-corrected chi connectivity index (χ2v) is 5.06. The summed E-state index contributed by atoms with van der Waals surface area (Å²) in [5, 5.41) is 0. The van der Waals surface area contributed by atoms with Crippen molar-refractivity contribution in [3.8, 4) is 11.4 Å². The van der Waals surface area contributed by atoms with Crippen molar-refractivity contribution in [1.29, 1.82) is 0 Å². The van der Waals surface area contributed by atoms with Crippen LogP contribution in [0.2, 0.25) is 0 Å². The molecule has 2 heterocycles. The number of nitrogens with zero attached hydrogens (tertiary/aromatic N) is 2. The number of hydrogen-bond donors (Lipinski definition) is 1. The lowest BCUT2D eigenvalue weighted by Gasteiger charge is -2.06. The van der Waals surface area contributed by atoms with Gasteiger partial charge in [0.25, 0.3) is 0 Å². The molecular weight excluding hydrogens is 254 g/mol. The van der Waals surface area contributed by atoms with E-state index in [0.29, 0.717) is 0 Å². The number of imidazole rings is 1. The Bertz CT molecular complexity index is 636. The summed E-state index contributed by atoms with van der Waals surface area (Å²) < 4.78 is 0. The average Bonchev–Trinajstić information content (AvgIpc) is 3.01. The number of rotatable bonds is 4. The third-order valence-corrected chi connectivity index (χ3v) is 3.85. The molecule has 1 aromatic carbocycles. The van der Waals surface area contributed by atoms with E-state index in [4.69, 9.17) is 0 Å². The molecule has 3 nitrogen and oxygen atoms in total. The van der Waals surface area contributed by atoms with Crippen LogP contribution in [0.5, 0.6) is 0 Å².